The summed E-state index contributed by atoms with van der Waals surface area (Å²) in [5, 5.41) is 0. The number of carbonyl (C=O) groups is 1. The molecular formula is C15H25N3O2. The predicted octanol–water partition coefficient (Wildman–Crippen LogP) is 1.55. The average Bonchev–Trinajstić information content (AvgIpc) is 2.97. The third-order valence-electron chi connectivity index (χ3n) is 3.78. The Balaban J connectivity index is 1.66. The van der Waals surface area contributed by atoms with Crippen molar-refractivity contribution < 1.29 is 9.21 Å². The first-order valence-electron chi connectivity index (χ1n) is 7.47. The fourth-order valence-corrected chi connectivity index (χ4v) is 2.53. The Morgan fingerprint density at radius 2 is 2.10 bits per heavy atom. The summed E-state index contributed by atoms with van der Waals surface area (Å²) in [6.07, 6.45) is 5.01. The van der Waals surface area contributed by atoms with Crippen LogP contribution in [0.3, 0.4) is 0 Å². The molecule has 5 nitrogen and oxygen atoms in total. The monoisotopic (exact) mass is 279 g/mol. The van der Waals surface area contributed by atoms with E-state index in [1.807, 2.05) is 4.90 Å². The Bertz CT molecular complexity index is 395. The van der Waals surface area contributed by atoms with Crippen molar-refractivity contribution in [3.05, 3.63) is 24.2 Å². The van der Waals surface area contributed by atoms with E-state index in [0.717, 1.165) is 39.1 Å². The van der Waals surface area contributed by atoms with Crippen LogP contribution >= 0.6 is 0 Å². The van der Waals surface area contributed by atoms with Gasteiger partial charge in [-0.3, -0.25) is 9.69 Å². The van der Waals surface area contributed by atoms with E-state index in [-0.39, 0.29) is 5.91 Å². The summed E-state index contributed by atoms with van der Waals surface area (Å²) in [5.74, 6) is 0.446. The van der Waals surface area contributed by atoms with Crippen LogP contribution in [0.15, 0.2) is 22.8 Å². The topological polar surface area (TPSA) is 62.7 Å². The molecule has 1 saturated heterocycles. The summed E-state index contributed by atoms with van der Waals surface area (Å²) in [4.78, 5) is 16.4. The Kier molecular flexibility index (Phi) is 5.61. The predicted molar refractivity (Wildman–Crippen MR) is 78.6 cm³/mol. The minimum Gasteiger partial charge on any atom is -0.459 e. The molecule has 1 atom stereocenters. The maximum atomic E-state index is 12.1. The fraction of sp³-hybridized carbons (Fsp3) is 0.667. The summed E-state index contributed by atoms with van der Waals surface area (Å²) in [6, 6.07) is 3.78. The SMILES string of the molecule is CC(N)CCCCN1CCN(C(=O)c2ccco2)CC1. The lowest BCUT2D eigenvalue weighted by molar-refractivity contribution is 0.0604. The number of hydrogen-bond acceptors (Lipinski definition) is 4. The fourth-order valence-electron chi connectivity index (χ4n) is 2.53. The molecule has 112 valence electrons. The molecule has 2 rings (SSSR count). The van der Waals surface area contributed by atoms with Gasteiger partial charge in [-0.15, -0.1) is 0 Å². The molecule has 1 aromatic rings. The van der Waals surface area contributed by atoms with Crippen molar-refractivity contribution >= 4 is 5.91 Å². The largest absolute Gasteiger partial charge is 0.459 e. The molecule has 0 aromatic carbocycles. The van der Waals surface area contributed by atoms with E-state index in [2.05, 4.69) is 11.8 Å². The van der Waals surface area contributed by atoms with Crippen molar-refractivity contribution in [2.24, 2.45) is 5.73 Å². The molecule has 0 spiro atoms. The van der Waals surface area contributed by atoms with Crippen LogP contribution in [0.1, 0.15) is 36.7 Å². The molecule has 0 saturated carbocycles. The zero-order valence-corrected chi connectivity index (χ0v) is 12.3. The molecule has 2 N–H and O–H groups in total. The van der Waals surface area contributed by atoms with Gasteiger partial charge in [0.15, 0.2) is 5.76 Å². The van der Waals surface area contributed by atoms with E-state index in [9.17, 15) is 4.79 Å². The van der Waals surface area contributed by atoms with Crippen molar-refractivity contribution in [2.45, 2.75) is 32.2 Å². The van der Waals surface area contributed by atoms with Crippen molar-refractivity contribution in [1.82, 2.24) is 9.80 Å². The number of carbonyl (C=O) groups excluding carboxylic acids is 1. The molecule has 20 heavy (non-hydrogen) atoms. The van der Waals surface area contributed by atoms with E-state index < -0.39 is 0 Å². The molecular weight excluding hydrogens is 254 g/mol. The molecule has 1 aliphatic rings. The van der Waals surface area contributed by atoms with Crippen LogP contribution < -0.4 is 5.73 Å². The van der Waals surface area contributed by atoms with Gasteiger partial charge in [-0.25, -0.2) is 0 Å². The zero-order valence-electron chi connectivity index (χ0n) is 12.3. The van der Waals surface area contributed by atoms with Crippen LogP contribution in [0.5, 0.6) is 0 Å². The Labute approximate surface area is 120 Å². The van der Waals surface area contributed by atoms with Gasteiger partial charge in [0.2, 0.25) is 0 Å². The molecule has 1 unspecified atom stereocenters. The molecule has 1 fully saturated rings. The second kappa shape index (κ2) is 7.45. The van der Waals surface area contributed by atoms with Gasteiger partial charge in [-0.2, -0.15) is 0 Å². The van der Waals surface area contributed by atoms with Crippen LogP contribution in [-0.4, -0.2) is 54.5 Å². The first kappa shape index (κ1) is 15.1. The first-order valence-corrected chi connectivity index (χ1v) is 7.47. The molecule has 5 heteroatoms. The highest BCUT2D eigenvalue weighted by molar-refractivity contribution is 5.91. The summed E-state index contributed by atoms with van der Waals surface area (Å²) in [6.45, 7) is 6.63. The molecule has 2 heterocycles. The molecule has 1 aliphatic heterocycles. The Morgan fingerprint density at radius 1 is 1.35 bits per heavy atom. The highest BCUT2D eigenvalue weighted by Gasteiger charge is 2.23. The highest BCUT2D eigenvalue weighted by atomic mass is 16.3. The lowest BCUT2D eigenvalue weighted by Gasteiger charge is -2.34. The Morgan fingerprint density at radius 3 is 2.70 bits per heavy atom. The van der Waals surface area contributed by atoms with Crippen LogP contribution in [0, 0.1) is 0 Å². The highest BCUT2D eigenvalue weighted by Crippen LogP contribution is 2.10. The van der Waals surface area contributed by atoms with E-state index in [0.29, 0.717) is 11.8 Å². The smallest absolute Gasteiger partial charge is 0.289 e. The third kappa shape index (κ3) is 4.35. The van der Waals surface area contributed by atoms with Crippen molar-refractivity contribution in [3.63, 3.8) is 0 Å². The van der Waals surface area contributed by atoms with Crippen molar-refractivity contribution in [3.8, 4) is 0 Å². The molecule has 0 aliphatic carbocycles. The van der Waals surface area contributed by atoms with E-state index in [1.165, 1.54) is 12.8 Å². The number of piperazine rings is 1. The number of unbranched alkanes of at least 4 members (excludes halogenated alkanes) is 1. The van der Waals surface area contributed by atoms with Crippen molar-refractivity contribution in [1.29, 1.82) is 0 Å². The van der Waals surface area contributed by atoms with Gasteiger partial charge in [0.1, 0.15) is 0 Å². The van der Waals surface area contributed by atoms with Gasteiger partial charge >= 0.3 is 0 Å². The summed E-state index contributed by atoms with van der Waals surface area (Å²) in [5.41, 5.74) is 5.74. The summed E-state index contributed by atoms with van der Waals surface area (Å²) in [7, 11) is 0. The Hall–Kier alpha value is -1.33. The van der Waals surface area contributed by atoms with Gasteiger partial charge in [-0.1, -0.05) is 6.42 Å². The second-order valence-electron chi connectivity index (χ2n) is 5.58. The number of furan rings is 1. The minimum atomic E-state index is 0.00612. The molecule has 1 aromatic heterocycles. The summed E-state index contributed by atoms with van der Waals surface area (Å²) < 4.78 is 5.16. The second-order valence-corrected chi connectivity index (χ2v) is 5.58. The van der Waals surface area contributed by atoms with Gasteiger partial charge < -0.3 is 15.1 Å². The normalized spacial score (nSPS) is 18.2. The van der Waals surface area contributed by atoms with Crippen molar-refractivity contribution in [2.75, 3.05) is 32.7 Å². The van der Waals surface area contributed by atoms with Crippen LogP contribution in [0.4, 0.5) is 0 Å². The maximum Gasteiger partial charge on any atom is 0.289 e. The first-order chi connectivity index (χ1) is 9.66. The molecule has 0 radical (unpaired) electrons. The standard InChI is InChI=1S/C15H25N3O2/c1-13(16)5-2-3-7-17-8-10-18(11-9-17)15(19)14-6-4-12-20-14/h4,6,12-13H,2-3,5,7-11,16H2,1H3. The lowest BCUT2D eigenvalue weighted by atomic mass is 10.1. The van der Waals surface area contributed by atoms with Gasteiger partial charge in [-0.05, 0) is 38.4 Å². The van der Waals surface area contributed by atoms with Gasteiger partial charge in [0.05, 0.1) is 6.26 Å². The maximum absolute atomic E-state index is 12.1. The van der Waals surface area contributed by atoms with E-state index in [4.69, 9.17) is 10.2 Å². The van der Waals surface area contributed by atoms with E-state index in [1.54, 1.807) is 18.4 Å². The quantitative estimate of drug-likeness (QED) is 0.803. The van der Waals surface area contributed by atoms with E-state index >= 15 is 0 Å². The minimum absolute atomic E-state index is 0.00612. The van der Waals surface area contributed by atoms with Gasteiger partial charge in [0, 0.05) is 32.2 Å². The third-order valence-corrected chi connectivity index (χ3v) is 3.78. The number of hydrogen-bond donors (Lipinski definition) is 1. The molecule has 0 bridgehead atoms. The average molecular weight is 279 g/mol. The lowest BCUT2D eigenvalue weighted by Crippen LogP contribution is -2.48. The zero-order chi connectivity index (χ0) is 14.4. The number of amides is 1. The number of nitrogens with two attached hydrogens (primary N) is 1. The van der Waals surface area contributed by atoms with Crippen LogP contribution in [0.2, 0.25) is 0 Å². The number of nitrogens with zero attached hydrogens (tertiary/aromatic N) is 2. The summed E-state index contributed by atoms with van der Waals surface area (Å²) >= 11 is 0. The number of rotatable bonds is 6. The molecule has 1 amide bonds. The van der Waals surface area contributed by atoms with Crippen LogP contribution in [0.25, 0.3) is 0 Å². The van der Waals surface area contributed by atoms with Crippen LogP contribution in [-0.2, 0) is 0 Å². The van der Waals surface area contributed by atoms with Gasteiger partial charge in [0.25, 0.3) is 5.91 Å².